The van der Waals surface area contributed by atoms with Crippen LogP contribution in [0.2, 0.25) is 0 Å². The number of fused-ring (bicyclic) bond motifs is 3. The highest BCUT2D eigenvalue weighted by Gasteiger charge is 2.10. The van der Waals surface area contributed by atoms with E-state index in [9.17, 15) is 0 Å². The summed E-state index contributed by atoms with van der Waals surface area (Å²) in [5.74, 6) is 0. The SMILES string of the molecule is Brc1ccc(-c2c3ccccc3cc3cc4ccccc4cc23)cc1. The van der Waals surface area contributed by atoms with E-state index in [1.165, 1.54) is 43.4 Å². The Labute approximate surface area is 154 Å². The van der Waals surface area contributed by atoms with Crippen LogP contribution in [0.4, 0.5) is 0 Å². The van der Waals surface area contributed by atoms with Gasteiger partial charge in [0.25, 0.3) is 0 Å². The molecule has 0 atom stereocenters. The predicted molar refractivity (Wildman–Crippen MR) is 112 cm³/mol. The Morgan fingerprint density at radius 2 is 1.08 bits per heavy atom. The molecule has 5 aromatic carbocycles. The quantitative estimate of drug-likeness (QED) is 0.262. The van der Waals surface area contributed by atoms with Crippen LogP contribution in [0.1, 0.15) is 0 Å². The third kappa shape index (κ3) is 2.43. The zero-order chi connectivity index (χ0) is 16.8. The molecule has 0 amide bonds. The molecule has 0 unspecified atom stereocenters. The van der Waals surface area contributed by atoms with Crippen molar-refractivity contribution < 1.29 is 0 Å². The molecule has 0 heterocycles. The molecule has 0 spiro atoms. The smallest absolute Gasteiger partial charge is 0.0175 e. The van der Waals surface area contributed by atoms with Gasteiger partial charge in [0.2, 0.25) is 0 Å². The Bertz CT molecular complexity index is 1230. The maximum absolute atomic E-state index is 3.55. The summed E-state index contributed by atoms with van der Waals surface area (Å²) in [5.41, 5.74) is 2.56. The standard InChI is InChI=1S/C24H15Br/c25-21-11-9-16(10-12-21)24-22-8-4-3-7-19(22)14-20-13-17-5-1-2-6-18(17)15-23(20)24/h1-15H. The molecular formula is C24H15Br. The first-order chi connectivity index (χ1) is 12.3. The molecule has 0 bridgehead atoms. The zero-order valence-electron chi connectivity index (χ0n) is 13.5. The van der Waals surface area contributed by atoms with Crippen LogP contribution >= 0.6 is 15.9 Å². The van der Waals surface area contributed by atoms with E-state index in [-0.39, 0.29) is 0 Å². The summed E-state index contributed by atoms with van der Waals surface area (Å²) >= 11 is 3.55. The van der Waals surface area contributed by atoms with Crippen molar-refractivity contribution in [3.05, 3.63) is 95.5 Å². The molecule has 0 aliphatic carbocycles. The van der Waals surface area contributed by atoms with E-state index in [1.807, 2.05) is 0 Å². The van der Waals surface area contributed by atoms with Crippen molar-refractivity contribution in [2.45, 2.75) is 0 Å². The fraction of sp³-hybridized carbons (Fsp3) is 0. The lowest BCUT2D eigenvalue weighted by atomic mass is 9.90. The molecule has 0 aliphatic heterocycles. The van der Waals surface area contributed by atoms with Crippen molar-refractivity contribution in [2.75, 3.05) is 0 Å². The Morgan fingerprint density at radius 1 is 0.480 bits per heavy atom. The highest BCUT2D eigenvalue weighted by molar-refractivity contribution is 9.10. The van der Waals surface area contributed by atoms with Crippen molar-refractivity contribution in [3.8, 4) is 11.1 Å². The lowest BCUT2D eigenvalue weighted by Crippen LogP contribution is -1.86. The van der Waals surface area contributed by atoms with Crippen molar-refractivity contribution in [3.63, 3.8) is 0 Å². The van der Waals surface area contributed by atoms with E-state index >= 15 is 0 Å². The van der Waals surface area contributed by atoms with Gasteiger partial charge in [-0.25, -0.2) is 0 Å². The number of rotatable bonds is 1. The lowest BCUT2D eigenvalue weighted by Gasteiger charge is -2.13. The predicted octanol–water partition coefficient (Wildman–Crippen LogP) is 7.58. The van der Waals surface area contributed by atoms with E-state index in [0.717, 1.165) is 4.47 Å². The molecular weight excluding hydrogens is 368 g/mol. The van der Waals surface area contributed by atoms with Gasteiger partial charge in [0, 0.05) is 4.47 Å². The molecule has 5 aromatic rings. The van der Waals surface area contributed by atoms with Gasteiger partial charge in [0.1, 0.15) is 0 Å². The van der Waals surface area contributed by atoms with Crippen LogP contribution in [0.15, 0.2) is 95.5 Å². The van der Waals surface area contributed by atoms with Gasteiger partial charge in [-0.05, 0) is 73.8 Å². The van der Waals surface area contributed by atoms with Gasteiger partial charge in [0.05, 0.1) is 0 Å². The fourth-order valence-corrected chi connectivity index (χ4v) is 3.95. The first-order valence-electron chi connectivity index (χ1n) is 8.40. The minimum absolute atomic E-state index is 1.10. The average molecular weight is 383 g/mol. The Balaban J connectivity index is 1.99. The first-order valence-corrected chi connectivity index (χ1v) is 9.19. The summed E-state index contributed by atoms with van der Waals surface area (Å²) in [6, 6.07) is 32.8. The molecule has 0 N–H and O–H groups in total. The van der Waals surface area contributed by atoms with Gasteiger partial charge >= 0.3 is 0 Å². The van der Waals surface area contributed by atoms with Crippen LogP contribution in [0.25, 0.3) is 43.4 Å². The maximum atomic E-state index is 3.55. The Morgan fingerprint density at radius 3 is 1.84 bits per heavy atom. The molecule has 0 aromatic heterocycles. The monoisotopic (exact) mass is 382 g/mol. The molecule has 25 heavy (non-hydrogen) atoms. The van der Waals surface area contributed by atoms with Crippen LogP contribution in [0.3, 0.4) is 0 Å². The van der Waals surface area contributed by atoms with Gasteiger partial charge < -0.3 is 0 Å². The Hall–Kier alpha value is -2.64. The second-order valence-electron chi connectivity index (χ2n) is 6.40. The van der Waals surface area contributed by atoms with E-state index in [1.54, 1.807) is 0 Å². The molecule has 0 saturated carbocycles. The first kappa shape index (κ1) is 14.7. The van der Waals surface area contributed by atoms with Crippen LogP contribution in [0.5, 0.6) is 0 Å². The summed E-state index contributed by atoms with van der Waals surface area (Å²) in [4.78, 5) is 0. The van der Waals surface area contributed by atoms with Gasteiger partial charge in [-0.1, -0.05) is 76.6 Å². The molecule has 118 valence electrons. The third-order valence-electron chi connectivity index (χ3n) is 4.86. The van der Waals surface area contributed by atoms with Crippen molar-refractivity contribution >= 4 is 48.2 Å². The fourth-order valence-electron chi connectivity index (χ4n) is 3.68. The van der Waals surface area contributed by atoms with Gasteiger partial charge in [-0.2, -0.15) is 0 Å². The van der Waals surface area contributed by atoms with E-state index in [4.69, 9.17) is 0 Å². The topological polar surface area (TPSA) is 0 Å². The van der Waals surface area contributed by atoms with Gasteiger partial charge in [0.15, 0.2) is 0 Å². The maximum Gasteiger partial charge on any atom is 0.0175 e. The molecule has 0 fully saturated rings. The summed E-state index contributed by atoms with van der Waals surface area (Å²) in [7, 11) is 0. The summed E-state index contributed by atoms with van der Waals surface area (Å²) in [6.07, 6.45) is 0. The summed E-state index contributed by atoms with van der Waals surface area (Å²) < 4.78 is 1.10. The average Bonchev–Trinajstić information content (AvgIpc) is 2.65. The van der Waals surface area contributed by atoms with Crippen LogP contribution < -0.4 is 0 Å². The second kappa shape index (κ2) is 5.72. The van der Waals surface area contributed by atoms with Crippen molar-refractivity contribution in [1.29, 1.82) is 0 Å². The molecule has 0 radical (unpaired) electrons. The highest BCUT2D eigenvalue weighted by Crippen LogP contribution is 2.38. The normalized spacial score (nSPS) is 11.4. The third-order valence-corrected chi connectivity index (χ3v) is 5.39. The molecule has 0 aliphatic rings. The highest BCUT2D eigenvalue weighted by atomic mass is 79.9. The number of hydrogen-bond donors (Lipinski definition) is 0. The van der Waals surface area contributed by atoms with Crippen molar-refractivity contribution in [2.24, 2.45) is 0 Å². The molecule has 1 heteroatoms. The number of benzene rings is 5. The van der Waals surface area contributed by atoms with E-state index in [0.29, 0.717) is 0 Å². The number of halogens is 1. The van der Waals surface area contributed by atoms with Crippen LogP contribution in [-0.4, -0.2) is 0 Å². The van der Waals surface area contributed by atoms with Gasteiger partial charge in [-0.15, -0.1) is 0 Å². The molecule has 0 nitrogen and oxygen atoms in total. The minimum atomic E-state index is 1.10. The second-order valence-corrected chi connectivity index (χ2v) is 7.32. The Kier molecular flexibility index (Phi) is 3.36. The minimum Gasteiger partial charge on any atom is -0.0616 e. The largest absolute Gasteiger partial charge is 0.0616 e. The van der Waals surface area contributed by atoms with Crippen molar-refractivity contribution in [1.82, 2.24) is 0 Å². The number of hydrogen-bond acceptors (Lipinski definition) is 0. The molecule has 5 rings (SSSR count). The zero-order valence-corrected chi connectivity index (χ0v) is 15.1. The summed E-state index contributed by atoms with van der Waals surface area (Å²) in [6.45, 7) is 0. The van der Waals surface area contributed by atoms with Crippen LogP contribution in [0, 0.1) is 0 Å². The lowest BCUT2D eigenvalue weighted by molar-refractivity contribution is 1.64. The molecule has 0 saturated heterocycles. The van der Waals surface area contributed by atoms with Gasteiger partial charge in [-0.3, -0.25) is 0 Å². The van der Waals surface area contributed by atoms with Crippen LogP contribution in [-0.2, 0) is 0 Å². The summed E-state index contributed by atoms with van der Waals surface area (Å²) in [5, 5.41) is 7.74. The van der Waals surface area contributed by atoms with E-state index < -0.39 is 0 Å². The van der Waals surface area contributed by atoms with E-state index in [2.05, 4.69) is 107 Å².